The second-order valence-corrected chi connectivity index (χ2v) is 6.36. The number of hydrogen-bond acceptors (Lipinski definition) is 4. The molecule has 1 saturated heterocycles. The van der Waals surface area contributed by atoms with Crippen molar-refractivity contribution < 1.29 is 4.74 Å². The van der Waals surface area contributed by atoms with Crippen LogP contribution in [0.15, 0.2) is 30.3 Å². The Hall–Kier alpha value is -0.940. The lowest BCUT2D eigenvalue weighted by atomic mass is 9.69. The van der Waals surface area contributed by atoms with E-state index in [1.807, 2.05) is 0 Å². The predicted molar refractivity (Wildman–Crippen MR) is 85.0 cm³/mol. The number of hydrogen-bond donors (Lipinski definition) is 3. The normalized spacial score (nSPS) is 33.8. The molecule has 2 fully saturated rings. The average molecular weight is 289 g/mol. The van der Waals surface area contributed by atoms with E-state index >= 15 is 0 Å². The maximum absolute atomic E-state index is 5.47. The van der Waals surface area contributed by atoms with Crippen molar-refractivity contribution in [1.82, 2.24) is 16.0 Å². The van der Waals surface area contributed by atoms with Crippen LogP contribution >= 0.6 is 0 Å². The van der Waals surface area contributed by atoms with Crippen LogP contribution in [0, 0.1) is 0 Å². The fourth-order valence-corrected chi connectivity index (χ4v) is 3.85. The van der Waals surface area contributed by atoms with E-state index in [4.69, 9.17) is 4.74 Å². The zero-order chi connectivity index (χ0) is 14.6. The third-order valence-corrected chi connectivity index (χ3v) is 5.12. The molecule has 1 aliphatic carbocycles. The van der Waals surface area contributed by atoms with Crippen molar-refractivity contribution in [3.05, 3.63) is 35.9 Å². The number of benzene rings is 1. The van der Waals surface area contributed by atoms with Gasteiger partial charge in [-0.15, -0.1) is 0 Å². The Bertz CT molecular complexity index is 431. The molecule has 0 aromatic heterocycles. The summed E-state index contributed by atoms with van der Waals surface area (Å²) in [5.41, 5.74) is 1.76. The van der Waals surface area contributed by atoms with E-state index in [1.165, 1.54) is 31.2 Å². The second kappa shape index (κ2) is 6.44. The van der Waals surface area contributed by atoms with Crippen molar-refractivity contribution in [2.75, 3.05) is 26.6 Å². The Morgan fingerprint density at radius 2 is 1.86 bits per heavy atom. The fraction of sp³-hybridized carbons (Fsp3) is 0.647. The monoisotopic (exact) mass is 289 g/mol. The lowest BCUT2D eigenvalue weighted by Crippen LogP contribution is -2.57. The van der Waals surface area contributed by atoms with Crippen LogP contribution in [0.4, 0.5) is 0 Å². The minimum absolute atomic E-state index is 0.135. The number of ether oxygens (including phenoxy) is 1. The quantitative estimate of drug-likeness (QED) is 0.796. The van der Waals surface area contributed by atoms with Crippen LogP contribution in [0.3, 0.4) is 0 Å². The highest BCUT2D eigenvalue weighted by atomic mass is 16.5. The van der Waals surface area contributed by atoms with Crippen LogP contribution in [-0.2, 0) is 10.3 Å². The van der Waals surface area contributed by atoms with Crippen LogP contribution in [0.25, 0.3) is 0 Å². The lowest BCUT2D eigenvalue weighted by molar-refractivity contribution is 0.0927. The zero-order valence-corrected chi connectivity index (χ0v) is 13.0. The van der Waals surface area contributed by atoms with Gasteiger partial charge in [0.05, 0.1) is 13.5 Å². The zero-order valence-electron chi connectivity index (χ0n) is 13.0. The van der Waals surface area contributed by atoms with Gasteiger partial charge >= 0.3 is 0 Å². The molecule has 2 aliphatic rings. The van der Waals surface area contributed by atoms with Crippen molar-refractivity contribution in [3.8, 4) is 0 Å². The highest BCUT2D eigenvalue weighted by molar-refractivity contribution is 5.26. The first kappa shape index (κ1) is 15.0. The van der Waals surface area contributed by atoms with Gasteiger partial charge in [-0.1, -0.05) is 37.3 Å². The van der Waals surface area contributed by atoms with Crippen LogP contribution in [0.1, 0.15) is 38.2 Å². The van der Waals surface area contributed by atoms with E-state index in [0.29, 0.717) is 13.5 Å². The van der Waals surface area contributed by atoms with Crippen molar-refractivity contribution in [2.45, 2.75) is 43.7 Å². The SMILES string of the molecule is CCNC1(c2ccccc2)CCC2(CC1)CNCOCN2. The molecule has 1 saturated carbocycles. The van der Waals surface area contributed by atoms with Crippen LogP contribution in [0.5, 0.6) is 0 Å². The smallest absolute Gasteiger partial charge is 0.0987 e. The standard InChI is InChI=1S/C17H27N3O/c1-2-19-17(15-6-4-3-5-7-15)10-8-16(9-11-17)12-18-13-21-14-20-16/h3-7,18-20H,2,8-14H2,1H3. The van der Waals surface area contributed by atoms with E-state index in [1.54, 1.807) is 0 Å². The molecule has 21 heavy (non-hydrogen) atoms. The maximum Gasteiger partial charge on any atom is 0.0987 e. The molecule has 0 radical (unpaired) electrons. The van der Waals surface area contributed by atoms with Gasteiger partial charge in [0, 0.05) is 17.6 Å². The van der Waals surface area contributed by atoms with Crippen LogP contribution in [-0.4, -0.2) is 32.1 Å². The van der Waals surface area contributed by atoms with Crippen molar-refractivity contribution in [2.24, 2.45) is 0 Å². The van der Waals surface area contributed by atoms with Gasteiger partial charge in [-0.2, -0.15) is 0 Å². The number of nitrogens with one attached hydrogen (secondary N) is 3. The summed E-state index contributed by atoms with van der Waals surface area (Å²) in [5.74, 6) is 0. The third-order valence-electron chi connectivity index (χ3n) is 5.12. The highest BCUT2D eigenvalue weighted by Gasteiger charge is 2.43. The molecule has 3 rings (SSSR count). The molecule has 1 aromatic rings. The molecule has 0 bridgehead atoms. The topological polar surface area (TPSA) is 45.3 Å². The van der Waals surface area contributed by atoms with E-state index in [9.17, 15) is 0 Å². The first-order valence-electron chi connectivity index (χ1n) is 8.13. The Labute approximate surface area is 127 Å². The molecular weight excluding hydrogens is 262 g/mol. The van der Waals surface area contributed by atoms with Crippen molar-refractivity contribution in [1.29, 1.82) is 0 Å². The summed E-state index contributed by atoms with van der Waals surface area (Å²) >= 11 is 0. The van der Waals surface area contributed by atoms with Gasteiger partial charge in [0.25, 0.3) is 0 Å². The Morgan fingerprint density at radius 3 is 2.57 bits per heavy atom. The molecule has 1 aliphatic heterocycles. The minimum atomic E-state index is 0.135. The third kappa shape index (κ3) is 3.14. The van der Waals surface area contributed by atoms with Gasteiger partial charge in [0.2, 0.25) is 0 Å². The Kier molecular flexibility index (Phi) is 4.60. The van der Waals surface area contributed by atoms with E-state index in [-0.39, 0.29) is 11.1 Å². The van der Waals surface area contributed by atoms with Gasteiger partial charge in [0.1, 0.15) is 0 Å². The molecule has 1 spiro atoms. The summed E-state index contributed by atoms with van der Waals surface area (Å²) in [4.78, 5) is 0. The minimum Gasteiger partial charge on any atom is -0.351 e. The van der Waals surface area contributed by atoms with Crippen LogP contribution < -0.4 is 16.0 Å². The molecule has 1 heterocycles. The van der Waals surface area contributed by atoms with Crippen molar-refractivity contribution in [3.63, 3.8) is 0 Å². The summed E-state index contributed by atoms with van der Waals surface area (Å²) in [7, 11) is 0. The van der Waals surface area contributed by atoms with E-state index in [0.717, 1.165) is 13.1 Å². The molecule has 0 atom stereocenters. The number of rotatable bonds is 3. The molecular formula is C17H27N3O. The molecule has 116 valence electrons. The Morgan fingerprint density at radius 1 is 1.10 bits per heavy atom. The van der Waals surface area contributed by atoms with Gasteiger partial charge in [0.15, 0.2) is 0 Å². The van der Waals surface area contributed by atoms with E-state index < -0.39 is 0 Å². The predicted octanol–water partition coefficient (Wildman–Crippen LogP) is 1.93. The molecule has 1 aromatic carbocycles. The van der Waals surface area contributed by atoms with Gasteiger partial charge in [-0.05, 0) is 37.8 Å². The summed E-state index contributed by atoms with van der Waals surface area (Å²) < 4.78 is 5.47. The largest absolute Gasteiger partial charge is 0.351 e. The van der Waals surface area contributed by atoms with Crippen molar-refractivity contribution >= 4 is 0 Å². The van der Waals surface area contributed by atoms with Gasteiger partial charge in [-0.3, -0.25) is 10.6 Å². The Balaban J connectivity index is 1.77. The summed E-state index contributed by atoms with van der Waals surface area (Å²) in [5, 5.41) is 10.8. The molecule has 3 N–H and O–H groups in total. The van der Waals surface area contributed by atoms with E-state index in [2.05, 4.69) is 53.2 Å². The first-order chi connectivity index (χ1) is 10.3. The summed E-state index contributed by atoms with van der Waals surface area (Å²) in [6.07, 6.45) is 4.68. The molecule has 4 heteroatoms. The maximum atomic E-state index is 5.47. The van der Waals surface area contributed by atoms with Gasteiger partial charge < -0.3 is 10.1 Å². The average Bonchev–Trinajstić information content (AvgIpc) is 2.77. The first-order valence-corrected chi connectivity index (χ1v) is 8.13. The lowest BCUT2D eigenvalue weighted by Gasteiger charge is -2.47. The van der Waals surface area contributed by atoms with Gasteiger partial charge in [-0.25, -0.2) is 0 Å². The van der Waals surface area contributed by atoms with Crippen LogP contribution in [0.2, 0.25) is 0 Å². The summed E-state index contributed by atoms with van der Waals surface area (Å²) in [6, 6.07) is 10.9. The fourth-order valence-electron chi connectivity index (χ4n) is 3.85. The highest BCUT2D eigenvalue weighted by Crippen LogP contribution is 2.41. The molecule has 0 amide bonds. The molecule has 0 unspecified atom stereocenters. The molecule has 4 nitrogen and oxygen atoms in total. The second-order valence-electron chi connectivity index (χ2n) is 6.36. The summed E-state index contributed by atoms with van der Waals surface area (Å²) in [6.45, 7) is 5.54.